The summed E-state index contributed by atoms with van der Waals surface area (Å²) in [6.45, 7) is 8.73. The smallest absolute Gasteiger partial charge is 0.0895 e. The van der Waals surface area contributed by atoms with Crippen molar-refractivity contribution in [1.82, 2.24) is 14.5 Å². The minimum Gasteiger partial charge on any atom is -0.373 e. The van der Waals surface area contributed by atoms with Crippen LogP contribution < -0.4 is 0 Å². The van der Waals surface area contributed by atoms with Crippen molar-refractivity contribution in [3.8, 4) is 0 Å². The van der Waals surface area contributed by atoms with Crippen molar-refractivity contribution in [2.45, 2.75) is 45.3 Å². The molecular weight excluding hydrogens is 258 g/mol. The summed E-state index contributed by atoms with van der Waals surface area (Å²) in [4.78, 5) is 2.49. The molecule has 0 aromatic carbocycles. The highest BCUT2D eigenvalue weighted by molar-refractivity contribution is 7.03. The quantitative estimate of drug-likeness (QED) is 0.853. The molecule has 0 saturated carbocycles. The number of aromatic nitrogens is 2. The van der Waals surface area contributed by atoms with E-state index >= 15 is 0 Å². The Labute approximate surface area is 119 Å². The monoisotopic (exact) mass is 281 g/mol. The number of rotatable bonds is 3. The van der Waals surface area contributed by atoms with Crippen LogP contribution in [0.1, 0.15) is 38.8 Å². The van der Waals surface area contributed by atoms with Gasteiger partial charge in [-0.25, -0.2) is 0 Å². The highest BCUT2D eigenvalue weighted by atomic mass is 32.1. The molecule has 2 aliphatic rings. The van der Waals surface area contributed by atoms with Crippen LogP contribution in [-0.4, -0.2) is 39.8 Å². The van der Waals surface area contributed by atoms with Gasteiger partial charge in [0, 0.05) is 18.5 Å². The average molecular weight is 281 g/mol. The number of hydrogen-bond acceptors (Lipinski definition) is 5. The highest BCUT2D eigenvalue weighted by Gasteiger charge is 2.44. The Morgan fingerprint density at radius 1 is 1.58 bits per heavy atom. The van der Waals surface area contributed by atoms with Gasteiger partial charge in [-0.2, -0.15) is 0 Å². The number of ether oxygens (including phenoxy) is 1. The van der Waals surface area contributed by atoms with Crippen LogP contribution in [0.15, 0.2) is 5.38 Å². The SMILES string of the molecule is CC(C)[C@@H]1CO[C@]2(CCCN(Cc3csnn3)C2)C1. The van der Waals surface area contributed by atoms with E-state index in [9.17, 15) is 0 Å². The second kappa shape index (κ2) is 5.46. The standard InChI is InChI=1S/C14H23N3OS/c1-11(2)12-6-14(18-8-12)4-3-5-17(10-14)7-13-9-19-16-15-13/h9,11-12H,3-8,10H2,1-2H3/t12-,14+/m0/s1. The number of likely N-dealkylation sites (tertiary alicyclic amines) is 1. The summed E-state index contributed by atoms with van der Waals surface area (Å²) in [6.07, 6.45) is 3.70. The molecule has 0 radical (unpaired) electrons. The second-order valence-corrected chi connectivity index (χ2v) is 7.02. The van der Waals surface area contributed by atoms with Crippen molar-refractivity contribution in [1.29, 1.82) is 0 Å². The van der Waals surface area contributed by atoms with E-state index in [1.165, 1.54) is 30.8 Å². The minimum absolute atomic E-state index is 0.122. The molecule has 2 fully saturated rings. The van der Waals surface area contributed by atoms with E-state index in [1.807, 2.05) is 5.38 Å². The van der Waals surface area contributed by atoms with E-state index in [0.717, 1.165) is 43.8 Å². The van der Waals surface area contributed by atoms with Crippen molar-refractivity contribution in [2.75, 3.05) is 19.7 Å². The third-order valence-corrected chi connectivity index (χ3v) is 5.14. The van der Waals surface area contributed by atoms with Gasteiger partial charge in [0.05, 0.1) is 17.9 Å². The first-order valence-corrected chi connectivity index (χ1v) is 8.13. The predicted molar refractivity (Wildman–Crippen MR) is 76.0 cm³/mol. The molecule has 5 heteroatoms. The molecule has 1 aromatic rings. The molecule has 0 N–H and O–H groups in total. The van der Waals surface area contributed by atoms with E-state index in [1.54, 1.807) is 0 Å². The topological polar surface area (TPSA) is 38.2 Å². The lowest BCUT2D eigenvalue weighted by atomic mass is 9.83. The van der Waals surface area contributed by atoms with Crippen LogP contribution in [0.4, 0.5) is 0 Å². The van der Waals surface area contributed by atoms with Crippen LogP contribution in [-0.2, 0) is 11.3 Å². The fourth-order valence-electron chi connectivity index (χ4n) is 3.40. The first-order chi connectivity index (χ1) is 9.17. The molecule has 0 aliphatic carbocycles. The molecule has 2 atom stereocenters. The molecular formula is C14H23N3OS. The number of nitrogens with zero attached hydrogens (tertiary/aromatic N) is 3. The summed E-state index contributed by atoms with van der Waals surface area (Å²) in [5, 5.41) is 6.20. The zero-order valence-corrected chi connectivity index (χ0v) is 12.7. The van der Waals surface area contributed by atoms with Crippen molar-refractivity contribution < 1.29 is 4.74 Å². The van der Waals surface area contributed by atoms with Gasteiger partial charge < -0.3 is 4.74 Å². The lowest BCUT2D eigenvalue weighted by molar-refractivity contribution is -0.0538. The van der Waals surface area contributed by atoms with Gasteiger partial charge in [0.15, 0.2) is 0 Å². The fraction of sp³-hybridized carbons (Fsp3) is 0.857. The molecule has 1 spiro atoms. The van der Waals surface area contributed by atoms with Gasteiger partial charge in [-0.3, -0.25) is 4.90 Å². The Balaban J connectivity index is 1.62. The van der Waals surface area contributed by atoms with Gasteiger partial charge in [0.25, 0.3) is 0 Å². The van der Waals surface area contributed by atoms with Crippen LogP contribution in [0.2, 0.25) is 0 Å². The van der Waals surface area contributed by atoms with E-state index in [-0.39, 0.29) is 5.60 Å². The highest BCUT2D eigenvalue weighted by Crippen LogP contribution is 2.40. The molecule has 3 rings (SSSR count). The van der Waals surface area contributed by atoms with Crippen molar-refractivity contribution >= 4 is 11.5 Å². The Bertz CT molecular complexity index is 409. The zero-order chi connectivity index (χ0) is 13.3. The molecule has 106 valence electrons. The molecule has 0 bridgehead atoms. The summed E-state index contributed by atoms with van der Waals surface area (Å²) >= 11 is 1.44. The third kappa shape index (κ3) is 2.98. The second-order valence-electron chi connectivity index (χ2n) is 6.41. The first-order valence-electron chi connectivity index (χ1n) is 7.29. The Morgan fingerprint density at radius 3 is 3.16 bits per heavy atom. The van der Waals surface area contributed by atoms with Crippen LogP contribution >= 0.6 is 11.5 Å². The Kier molecular flexibility index (Phi) is 3.87. The van der Waals surface area contributed by atoms with Gasteiger partial charge in [-0.1, -0.05) is 18.3 Å². The van der Waals surface area contributed by atoms with Crippen LogP contribution in [0.3, 0.4) is 0 Å². The fourth-order valence-corrected chi connectivity index (χ4v) is 3.84. The predicted octanol–water partition coefficient (Wildman–Crippen LogP) is 2.57. The summed E-state index contributed by atoms with van der Waals surface area (Å²) < 4.78 is 10.2. The van der Waals surface area contributed by atoms with Crippen LogP contribution in [0.25, 0.3) is 0 Å². The molecule has 19 heavy (non-hydrogen) atoms. The van der Waals surface area contributed by atoms with Gasteiger partial charge in [0.2, 0.25) is 0 Å². The number of hydrogen-bond donors (Lipinski definition) is 0. The van der Waals surface area contributed by atoms with Gasteiger partial charge in [-0.15, -0.1) is 5.10 Å². The maximum atomic E-state index is 6.23. The molecule has 2 aliphatic heterocycles. The van der Waals surface area contributed by atoms with Crippen molar-refractivity contribution in [3.63, 3.8) is 0 Å². The van der Waals surface area contributed by atoms with Crippen LogP contribution in [0, 0.1) is 11.8 Å². The first kappa shape index (κ1) is 13.5. The lowest BCUT2D eigenvalue weighted by Gasteiger charge is -2.39. The van der Waals surface area contributed by atoms with E-state index < -0.39 is 0 Å². The molecule has 2 saturated heterocycles. The molecule has 0 unspecified atom stereocenters. The summed E-state index contributed by atoms with van der Waals surface area (Å²) in [6, 6.07) is 0. The van der Waals surface area contributed by atoms with Crippen LogP contribution in [0.5, 0.6) is 0 Å². The zero-order valence-electron chi connectivity index (χ0n) is 11.8. The van der Waals surface area contributed by atoms with Crippen molar-refractivity contribution in [2.24, 2.45) is 11.8 Å². The lowest BCUT2D eigenvalue weighted by Crippen LogP contribution is -2.47. The normalized spacial score (nSPS) is 32.5. The molecule has 3 heterocycles. The van der Waals surface area contributed by atoms with Gasteiger partial charge in [-0.05, 0) is 49.2 Å². The summed E-state index contributed by atoms with van der Waals surface area (Å²) in [5.74, 6) is 1.47. The van der Waals surface area contributed by atoms with E-state index in [0.29, 0.717) is 0 Å². The van der Waals surface area contributed by atoms with Crippen molar-refractivity contribution in [3.05, 3.63) is 11.1 Å². The van der Waals surface area contributed by atoms with Gasteiger partial charge in [0.1, 0.15) is 0 Å². The van der Waals surface area contributed by atoms with Gasteiger partial charge >= 0.3 is 0 Å². The van der Waals surface area contributed by atoms with E-state index in [2.05, 4.69) is 28.3 Å². The average Bonchev–Trinajstić information content (AvgIpc) is 3.00. The molecule has 0 amide bonds. The Hall–Kier alpha value is -0.520. The molecule has 4 nitrogen and oxygen atoms in total. The summed E-state index contributed by atoms with van der Waals surface area (Å²) in [7, 11) is 0. The Morgan fingerprint density at radius 2 is 2.47 bits per heavy atom. The summed E-state index contributed by atoms with van der Waals surface area (Å²) in [5.41, 5.74) is 1.22. The molecule has 1 aromatic heterocycles. The largest absolute Gasteiger partial charge is 0.373 e. The maximum absolute atomic E-state index is 6.23. The maximum Gasteiger partial charge on any atom is 0.0895 e. The third-order valence-electron chi connectivity index (χ3n) is 4.59. The van der Waals surface area contributed by atoms with E-state index in [4.69, 9.17) is 4.74 Å². The minimum atomic E-state index is 0.122. The number of piperidine rings is 1.